The van der Waals surface area contributed by atoms with E-state index in [2.05, 4.69) is 0 Å². The lowest BCUT2D eigenvalue weighted by Gasteiger charge is -2.37. The lowest BCUT2D eigenvalue weighted by Crippen LogP contribution is -2.49. The molecule has 1 heterocycles. The van der Waals surface area contributed by atoms with Gasteiger partial charge in [-0.05, 0) is 25.3 Å². The van der Waals surface area contributed by atoms with Gasteiger partial charge in [0, 0.05) is 12.6 Å². The van der Waals surface area contributed by atoms with Gasteiger partial charge in [0.05, 0.1) is 5.92 Å². The molecule has 108 valence electrons. The summed E-state index contributed by atoms with van der Waals surface area (Å²) in [5, 5.41) is 9.04. The van der Waals surface area contributed by atoms with E-state index in [4.69, 9.17) is 10.8 Å². The fourth-order valence-corrected chi connectivity index (χ4v) is 2.71. The summed E-state index contributed by atoms with van der Waals surface area (Å²) >= 11 is 0. The van der Waals surface area contributed by atoms with Crippen molar-refractivity contribution < 1.29 is 14.7 Å². The molecule has 5 nitrogen and oxygen atoms in total. The van der Waals surface area contributed by atoms with Gasteiger partial charge in [-0.3, -0.25) is 9.59 Å². The second-order valence-corrected chi connectivity index (χ2v) is 5.33. The van der Waals surface area contributed by atoms with Gasteiger partial charge >= 0.3 is 5.97 Å². The number of benzene rings is 1. The van der Waals surface area contributed by atoms with Crippen LogP contribution in [-0.2, 0) is 9.59 Å². The zero-order valence-electron chi connectivity index (χ0n) is 11.5. The topological polar surface area (TPSA) is 83.6 Å². The highest BCUT2D eigenvalue weighted by molar-refractivity contribution is 5.83. The monoisotopic (exact) mass is 276 g/mol. The second kappa shape index (κ2) is 6.05. The molecule has 0 spiro atoms. The smallest absolute Gasteiger partial charge is 0.306 e. The normalized spacial score (nSPS) is 24.2. The van der Waals surface area contributed by atoms with Crippen molar-refractivity contribution in [1.82, 2.24) is 4.90 Å². The van der Waals surface area contributed by atoms with Crippen LogP contribution in [0.15, 0.2) is 30.3 Å². The quantitative estimate of drug-likeness (QED) is 0.874. The SMILES string of the molecule is CC1CC(C(=O)O)CCN1C(=O)[C@H](N)c1ccccc1. The minimum Gasteiger partial charge on any atom is -0.481 e. The molecule has 0 aliphatic carbocycles. The maximum Gasteiger partial charge on any atom is 0.306 e. The zero-order valence-corrected chi connectivity index (χ0v) is 11.5. The molecule has 20 heavy (non-hydrogen) atoms. The van der Waals surface area contributed by atoms with Crippen LogP contribution in [-0.4, -0.2) is 34.5 Å². The molecular formula is C15H20N2O3. The van der Waals surface area contributed by atoms with E-state index in [9.17, 15) is 9.59 Å². The average Bonchev–Trinajstić information content (AvgIpc) is 2.46. The molecule has 2 unspecified atom stereocenters. The number of amides is 1. The molecule has 1 aromatic rings. The van der Waals surface area contributed by atoms with Crippen LogP contribution < -0.4 is 5.73 Å². The van der Waals surface area contributed by atoms with Crippen molar-refractivity contribution >= 4 is 11.9 Å². The number of carboxylic acid groups (broad SMARTS) is 1. The van der Waals surface area contributed by atoms with Crippen LogP contribution in [0.5, 0.6) is 0 Å². The van der Waals surface area contributed by atoms with Crippen LogP contribution in [0.4, 0.5) is 0 Å². The van der Waals surface area contributed by atoms with Gasteiger partial charge in [-0.2, -0.15) is 0 Å². The fourth-order valence-electron chi connectivity index (χ4n) is 2.71. The highest BCUT2D eigenvalue weighted by Crippen LogP contribution is 2.25. The molecule has 1 aliphatic rings. The minimum absolute atomic E-state index is 0.0906. The van der Waals surface area contributed by atoms with Gasteiger partial charge in [-0.1, -0.05) is 30.3 Å². The number of likely N-dealkylation sites (tertiary alicyclic amines) is 1. The first kappa shape index (κ1) is 14.5. The number of nitrogens with two attached hydrogens (primary N) is 1. The van der Waals surface area contributed by atoms with Crippen LogP contribution in [0.2, 0.25) is 0 Å². The van der Waals surface area contributed by atoms with Crippen LogP contribution >= 0.6 is 0 Å². The highest BCUT2D eigenvalue weighted by atomic mass is 16.4. The predicted octanol–water partition coefficient (Wildman–Crippen LogP) is 1.40. The standard InChI is InChI=1S/C15H20N2O3/c1-10-9-12(15(19)20)7-8-17(10)14(18)13(16)11-5-3-2-4-6-11/h2-6,10,12-13H,7-9,16H2,1H3,(H,19,20)/t10?,12?,13-/m1/s1. The molecule has 1 aromatic carbocycles. The predicted molar refractivity (Wildman–Crippen MR) is 74.9 cm³/mol. The van der Waals surface area contributed by atoms with Crippen molar-refractivity contribution in [3.8, 4) is 0 Å². The molecule has 1 amide bonds. The Morgan fingerprint density at radius 3 is 2.55 bits per heavy atom. The number of carbonyl (C=O) groups excluding carboxylic acids is 1. The van der Waals surface area contributed by atoms with Crippen LogP contribution in [0, 0.1) is 5.92 Å². The molecule has 5 heteroatoms. The van der Waals surface area contributed by atoms with Crippen molar-refractivity contribution in [1.29, 1.82) is 0 Å². The van der Waals surface area contributed by atoms with Crippen molar-refractivity contribution in [2.45, 2.75) is 31.8 Å². The largest absolute Gasteiger partial charge is 0.481 e. The zero-order chi connectivity index (χ0) is 14.7. The van der Waals surface area contributed by atoms with Gasteiger partial charge < -0.3 is 15.7 Å². The van der Waals surface area contributed by atoms with Gasteiger partial charge in [0.25, 0.3) is 0 Å². The Morgan fingerprint density at radius 2 is 2.00 bits per heavy atom. The number of carbonyl (C=O) groups is 2. The molecule has 0 saturated carbocycles. The van der Waals surface area contributed by atoms with E-state index in [0.29, 0.717) is 19.4 Å². The number of carboxylic acids is 1. The Hall–Kier alpha value is -1.88. The lowest BCUT2D eigenvalue weighted by atomic mass is 9.91. The maximum absolute atomic E-state index is 12.4. The number of rotatable bonds is 3. The van der Waals surface area contributed by atoms with Gasteiger partial charge in [0.1, 0.15) is 6.04 Å². The van der Waals surface area contributed by atoms with E-state index in [1.54, 1.807) is 4.90 Å². The maximum atomic E-state index is 12.4. The van der Waals surface area contributed by atoms with E-state index in [1.807, 2.05) is 37.3 Å². The molecule has 0 radical (unpaired) electrons. The van der Waals surface area contributed by atoms with Gasteiger partial charge in [-0.15, -0.1) is 0 Å². The second-order valence-electron chi connectivity index (χ2n) is 5.33. The molecule has 1 aliphatic heterocycles. The summed E-state index contributed by atoms with van der Waals surface area (Å²) in [5.41, 5.74) is 6.80. The number of piperidine rings is 1. The Bertz CT molecular complexity index is 489. The number of nitrogens with zero attached hydrogens (tertiary/aromatic N) is 1. The summed E-state index contributed by atoms with van der Waals surface area (Å²) in [6.07, 6.45) is 0.982. The first-order valence-electron chi connectivity index (χ1n) is 6.84. The van der Waals surface area contributed by atoms with Crippen molar-refractivity contribution in [3.05, 3.63) is 35.9 Å². The first-order chi connectivity index (χ1) is 9.50. The Labute approximate surface area is 118 Å². The number of hydrogen-bond acceptors (Lipinski definition) is 3. The minimum atomic E-state index is -0.781. The van der Waals surface area contributed by atoms with Crippen molar-refractivity contribution in [2.24, 2.45) is 11.7 Å². The van der Waals surface area contributed by atoms with Crippen LogP contribution in [0.25, 0.3) is 0 Å². The first-order valence-corrected chi connectivity index (χ1v) is 6.84. The van der Waals surface area contributed by atoms with Crippen molar-refractivity contribution in [3.63, 3.8) is 0 Å². The van der Waals surface area contributed by atoms with E-state index < -0.39 is 12.0 Å². The van der Waals surface area contributed by atoms with E-state index in [1.165, 1.54) is 0 Å². The molecule has 1 fully saturated rings. The third-order valence-corrected chi connectivity index (χ3v) is 3.93. The summed E-state index contributed by atoms with van der Waals surface area (Å²) < 4.78 is 0. The van der Waals surface area contributed by atoms with E-state index in [0.717, 1.165) is 5.56 Å². The number of aliphatic carboxylic acids is 1. The van der Waals surface area contributed by atoms with Gasteiger partial charge in [0.15, 0.2) is 0 Å². The summed E-state index contributed by atoms with van der Waals surface area (Å²) in [6, 6.07) is 8.47. The van der Waals surface area contributed by atoms with Gasteiger partial charge in [0.2, 0.25) is 5.91 Å². The molecule has 0 bridgehead atoms. The van der Waals surface area contributed by atoms with Gasteiger partial charge in [-0.25, -0.2) is 0 Å². The van der Waals surface area contributed by atoms with Crippen LogP contribution in [0.1, 0.15) is 31.4 Å². The molecule has 2 rings (SSSR count). The molecule has 1 saturated heterocycles. The van der Waals surface area contributed by atoms with E-state index in [-0.39, 0.29) is 17.9 Å². The van der Waals surface area contributed by atoms with Crippen LogP contribution in [0.3, 0.4) is 0 Å². The van der Waals surface area contributed by atoms with Crippen molar-refractivity contribution in [2.75, 3.05) is 6.54 Å². The van der Waals surface area contributed by atoms with E-state index >= 15 is 0 Å². The lowest BCUT2D eigenvalue weighted by molar-refractivity contribution is -0.147. The Kier molecular flexibility index (Phi) is 4.39. The summed E-state index contributed by atoms with van der Waals surface area (Å²) in [5.74, 6) is -1.27. The Balaban J connectivity index is 2.05. The summed E-state index contributed by atoms with van der Waals surface area (Å²) in [7, 11) is 0. The fraction of sp³-hybridized carbons (Fsp3) is 0.467. The molecular weight excluding hydrogens is 256 g/mol. The average molecular weight is 276 g/mol. The molecule has 3 N–H and O–H groups in total. The molecule has 0 aromatic heterocycles. The summed E-state index contributed by atoms with van der Waals surface area (Å²) in [6.45, 7) is 2.34. The Morgan fingerprint density at radius 1 is 1.35 bits per heavy atom. The number of hydrogen-bond donors (Lipinski definition) is 2. The molecule has 3 atom stereocenters. The highest BCUT2D eigenvalue weighted by Gasteiger charge is 2.34. The third-order valence-electron chi connectivity index (χ3n) is 3.93. The summed E-state index contributed by atoms with van der Waals surface area (Å²) in [4.78, 5) is 25.1. The third kappa shape index (κ3) is 2.99.